The molecule has 1 aromatic rings. The highest BCUT2D eigenvalue weighted by Crippen LogP contribution is 2.32. The lowest BCUT2D eigenvalue weighted by atomic mass is 10.2. The van der Waals surface area contributed by atoms with Crippen molar-refractivity contribution < 1.29 is 18.8 Å². The van der Waals surface area contributed by atoms with Gasteiger partial charge >= 0.3 is 11.7 Å². The number of nitrogens with zero attached hydrogens (tertiary/aromatic N) is 1. The number of rotatable bonds is 5. The second-order valence-electron chi connectivity index (χ2n) is 3.63. The standard InChI is InChI=1S/C11H12BrFN2O4/c1-3-19-11(16)6(2)14-8-5-4-7(12)9(13)10(8)15(17)18/h4-6,14H,3H2,1-2H3. The quantitative estimate of drug-likeness (QED) is 0.508. The summed E-state index contributed by atoms with van der Waals surface area (Å²) in [4.78, 5) is 21.4. The van der Waals surface area contributed by atoms with E-state index in [-0.39, 0.29) is 16.8 Å². The zero-order valence-corrected chi connectivity index (χ0v) is 11.9. The smallest absolute Gasteiger partial charge is 0.328 e. The maximum absolute atomic E-state index is 13.7. The van der Waals surface area contributed by atoms with E-state index >= 15 is 0 Å². The molecular formula is C11H12BrFN2O4. The average molecular weight is 335 g/mol. The molecule has 0 aliphatic rings. The number of hydrogen-bond acceptors (Lipinski definition) is 5. The number of benzene rings is 1. The second-order valence-corrected chi connectivity index (χ2v) is 4.49. The van der Waals surface area contributed by atoms with E-state index in [4.69, 9.17) is 4.74 Å². The van der Waals surface area contributed by atoms with Gasteiger partial charge in [0.1, 0.15) is 11.7 Å². The Morgan fingerprint density at radius 2 is 2.26 bits per heavy atom. The molecule has 0 aliphatic carbocycles. The van der Waals surface area contributed by atoms with Gasteiger partial charge in [0.05, 0.1) is 16.0 Å². The number of ether oxygens (including phenoxy) is 1. The number of nitro groups is 1. The lowest BCUT2D eigenvalue weighted by Gasteiger charge is -2.14. The van der Waals surface area contributed by atoms with E-state index in [0.29, 0.717) is 0 Å². The minimum absolute atomic E-state index is 0.0199. The zero-order valence-electron chi connectivity index (χ0n) is 10.3. The van der Waals surface area contributed by atoms with Crippen LogP contribution in [0.5, 0.6) is 0 Å². The number of nitro benzene ring substituents is 1. The van der Waals surface area contributed by atoms with Crippen molar-refractivity contribution in [2.45, 2.75) is 19.9 Å². The molecule has 1 aromatic carbocycles. The van der Waals surface area contributed by atoms with Gasteiger partial charge in [-0.05, 0) is 41.9 Å². The summed E-state index contributed by atoms with van der Waals surface area (Å²) in [5.41, 5.74) is -0.795. The Hall–Kier alpha value is -1.70. The number of hydrogen-bond donors (Lipinski definition) is 1. The van der Waals surface area contributed by atoms with Crippen LogP contribution in [0.2, 0.25) is 0 Å². The predicted octanol–water partition coefficient (Wildman–Crippen LogP) is 2.86. The molecule has 1 N–H and O–H groups in total. The van der Waals surface area contributed by atoms with Gasteiger partial charge < -0.3 is 10.1 Å². The maximum Gasteiger partial charge on any atom is 0.328 e. The van der Waals surface area contributed by atoms with Crippen molar-refractivity contribution in [1.82, 2.24) is 0 Å². The van der Waals surface area contributed by atoms with Gasteiger partial charge in [-0.25, -0.2) is 4.79 Å². The normalized spacial score (nSPS) is 11.8. The zero-order chi connectivity index (χ0) is 14.6. The minimum atomic E-state index is -0.994. The molecule has 0 saturated carbocycles. The van der Waals surface area contributed by atoms with Crippen molar-refractivity contribution >= 4 is 33.3 Å². The van der Waals surface area contributed by atoms with E-state index in [0.717, 1.165) is 0 Å². The molecule has 104 valence electrons. The van der Waals surface area contributed by atoms with Gasteiger partial charge in [-0.3, -0.25) is 10.1 Å². The van der Waals surface area contributed by atoms with Crippen LogP contribution in [0, 0.1) is 15.9 Å². The molecule has 1 atom stereocenters. The van der Waals surface area contributed by atoms with E-state index in [9.17, 15) is 19.3 Å². The largest absolute Gasteiger partial charge is 0.464 e. The van der Waals surface area contributed by atoms with Crippen LogP contribution in [0.3, 0.4) is 0 Å². The number of halogens is 2. The number of carbonyl (C=O) groups is 1. The fraction of sp³-hybridized carbons (Fsp3) is 0.364. The third-order valence-electron chi connectivity index (χ3n) is 2.26. The van der Waals surface area contributed by atoms with Crippen molar-refractivity contribution in [1.29, 1.82) is 0 Å². The molecule has 0 aromatic heterocycles. The molecule has 1 rings (SSSR count). The molecule has 1 unspecified atom stereocenters. The van der Waals surface area contributed by atoms with Crippen molar-refractivity contribution in [2.75, 3.05) is 11.9 Å². The predicted molar refractivity (Wildman–Crippen MR) is 70.5 cm³/mol. The summed E-state index contributed by atoms with van der Waals surface area (Å²) in [6.45, 7) is 3.32. The number of esters is 1. The molecule has 0 amide bonds. The third kappa shape index (κ3) is 3.63. The topological polar surface area (TPSA) is 81.5 Å². The highest BCUT2D eigenvalue weighted by molar-refractivity contribution is 9.10. The summed E-state index contributed by atoms with van der Waals surface area (Å²) in [6, 6.07) is 1.82. The van der Waals surface area contributed by atoms with Crippen molar-refractivity contribution in [3.8, 4) is 0 Å². The Kier molecular flexibility index (Phi) is 5.22. The Morgan fingerprint density at radius 3 is 2.79 bits per heavy atom. The average Bonchev–Trinajstić information content (AvgIpc) is 2.33. The van der Waals surface area contributed by atoms with Crippen molar-refractivity contribution in [3.63, 3.8) is 0 Å². The van der Waals surface area contributed by atoms with Crippen LogP contribution >= 0.6 is 15.9 Å². The van der Waals surface area contributed by atoms with Crippen LogP contribution in [0.1, 0.15) is 13.8 Å². The molecule has 8 heteroatoms. The van der Waals surface area contributed by atoms with Crippen LogP contribution in [0.15, 0.2) is 16.6 Å². The number of carbonyl (C=O) groups excluding carboxylic acids is 1. The van der Waals surface area contributed by atoms with Crippen molar-refractivity contribution in [3.05, 3.63) is 32.5 Å². The maximum atomic E-state index is 13.7. The van der Waals surface area contributed by atoms with Gasteiger partial charge in [0.2, 0.25) is 5.82 Å². The van der Waals surface area contributed by atoms with Crippen LogP contribution in [-0.2, 0) is 9.53 Å². The molecular weight excluding hydrogens is 323 g/mol. The molecule has 0 spiro atoms. The lowest BCUT2D eigenvalue weighted by molar-refractivity contribution is -0.386. The van der Waals surface area contributed by atoms with Crippen LogP contribution < -0.4 is 5.32 Å². The molecule has 0 heterocycles. The monoisotopic (exact) mass is 334 g/mol. The summed E-state index contributed by atoms with van der Waals surface area (Å²) in [5, 5.41) is 13.4. The van der Waals surface area contributed by atoms with Crippen LogP contribution in [-0.4, -0.2) is 23.5 Å². The first kappa shape index (κ1) is 15.4. The summed E-state index contributed by atoms with van der Waals surface area (Å²) in [6.07, 6.45) is 0. The van der Waals surface area contributed by atoms with Gasteiger partial charge in [0.25, 0.3) is 0 Å². The molecule has 0 fully saturated rings. The Balaban J connectivity index is 3.05. The summed E-state index contributed by atoms with van der Waals surface area (Å²) >= 11 is 2.87. The van der Waals surface area contributed by atoms with Gasteiger partial charge in [0, 0.05) is 0 Å². The molecule has 6 nitrogen and oxygen atoms in total. The highest BCUT2D eigenvalue weighted by atomic mass is 79.9. The number of anilines is 1. The summed E-state index contributed by atoms with van der Waals surface area (Å²) in [7, 11) is 0. The van der Waals surface area contributed by atoms with E-state index in [2.05, 4.69) is 21.2 Å². The van der Waals surface area contributed by atoms with E-state index in [1.54, 1.807) is 6.92 Å². The van der Waals surface area contributed by atoms with Gasteiger partial charge in [-0.2, -0.15) is 4.39 Å². The lowest BCUT2D eigenvalue weighted by Crippen LogP contribution is -2.28. The Bertz CT molecular complexity index is 510. The van der Waals surface area contributed by atoms with E-state index in [1.807, 2.05) is 0 Å². The molecule has 0 bridgehead atoms. The molecule has 19 heavy (non-hydrogen) atoms. The highest BCUT2D eigenvalue weighted by Gasteiger charge is 2.25. The number of nitrogens with one attached hydrogen (secondary N) is 1. The first-order valence-corrected chi connectivity index (χ1v) is 6.23. The van der Waals surface area contributed by atoms with Gasteiger partial charge in [-0.15, -0.1) is 0 Å². The van der Waals surface area contributed by atoms with E-state index in [1.165, 1.54) is 19.1 Å². The van der Waals surface area contributed by atoms with Crippen LogP contribution in [0.4, 0.5) is 15.8 Å². The SMILES string of the molecule is CCOC(=O)C(C)Nc1ccc(Br)c(F)c1[N+](=O)[O-]. The summed E-state index contributed by atoms with van der Waals surface area (Å²) < 4.78 is 18.4. The fourth-order valence-electron chi connectivity index (χ4n) is 1.39. The minimum Gasteiger partial charge on any atom is -0.464 e. The third-order valence-corrected chi connectivity index (χ3v) is 2.88. The van der Waals surface area contributed by atoms with Crippen molar-refractivity contribution in [2.24, 2.45) is 0 Å². The Morgan fingerprint density at radius 1 is 1.63 bits per heavy atom. The molecule has 0 aliphatic heterocycles. The first-order valence-electron chi connectivity index (χ1n) is 5.44. The summed E-state index contributed by atoms with van der Waals surface area (Å²) in [5.74, 6) is -1.56. The van der Waals surface area contributed by atoms with Crippen LogP contribution in [0.25, 0.3) is 0 Å². The molecule has 0 saturated heterocycles. The van der Waals surface area contributed by atoms with Gasteiger partial charge in [-0.1, -0.05) is 0 Å². The van der Waals surface area contributed by atoms with E-state index < -0.39 is 28.4 Å². The molecule has 0 radical (unpaired) electrons. The first-order chi connectivity index (χ1) is 8.88. The fourth-order valence-corrected chi connectivity index (χ4v) is 1.71. The van der Waals surface area contributed by atoms with Gasteiger partial charge in [0.15, 0.2) is 0 Å². The second kappa shape index (κ2) is 6.46. The Labute approximate surface area is 117 Å².